The number of nitrogens with zero attached hydrogens (tertiary/aromatic N) is 1. The topological polar surface area (TPSA) is 91.9 Å². The van der Waals surface area contributed by atoms with Crippen LogP contribution < -0.4 is 10.9 Å². The van der Waals surface area contributed by atoms with Gasteiger partial charge in [-0.2, -0.15) is 0 Å². The first-order valence-corrected chi connectivity index (χ1v) is 6.86. The summed E-state index contributed by atoms with van der Waals surface area (Å²) >= 11 is 1.12. The molecule has 0 radical (unpaired) electrons. The van der Waals surface area contributed by atoms with Crippen LogP contribution >= 0.6 is 11.8 Å². The summed E-state index contributed by atoms with van der Waals surface area (Å²) in [7, 11) is 0. The molecule has 0 spiro atoms. The summed E-state index contributed by atoms with van der Waals surface area (Å²) in [4.78, 5) is 40.5. The second-order valence-electron chi connectivity index (χ2n) is 4.43. The number of Topliss-reactive ketones (excluding diaryl/α,β-unsaturated/α-hetero) is 1. The van der Waals surface area contributed by atoms with E-state index in [-0.39, 0.29) is 28.9 Å². The summed E-state index contributed by atoms with van der Waals surface area (Å²) in [5, 5.41) is 3.05. The molecule has 1 heterocycles. The molecule has 0 fully saturated rings. The zero-order valence-electron chi connectivity index (χ0n) is 11.1. The number of rotatable bonds is 6. The molecule has 0 saturated carbocycles. The Balaban J connectivity index is 2.52. The predicted octanol–water partition coefficient (Wildman–Crippen LogP) is 0.592. The van der Waals surface area contributed by atoms with E-state index in [0.717, 1.165) is 11.8 Å². The first kappa shape index (κ1) is 15.4. The van der Waals surface area contributed by atoms with Gasteiger partial charge < -0.3 is 10.3 Å². The van der Waals surface area contributed by atoms with E-state index in [4.69, 9.17) is 0 Å². The highest BCUT2D eigenvalue weighted by Gasteiger charge is 2.20. The van der Waals surface area contributed by atoms with Crippen LogP contribution in [0.3, 0.4) is 0 Å². The Hall–Kier alpha value is -1.63. The number of nitrogens with one attached hydrogen (secondary N) is 2. The largest absolute Gasteiger partial charge is 0.345 e. The second-order valence-corrected chi connectivity index (χ2v) is 5.39. The average molecular weight is 283 g/mol. The summed E-state index contributed by atoms with van der Waals surface area (Å²) in [6, 6.07) is 0.824. The molecule has 1 aromatic rings. The number of aromatic nitrogens is 2. The van der Waals surface area contributed by atoms with Crippen molar-refractivity contribution in [3.8, 4) is 0 Å². The average Bonchev–Trinajstić information content (AvgIpc) is 2.32. The van der Waals surface area contributed by atoms with E-state index >= 15 is 0 Å². The smallest absolute Gasteiger partial charge is 0.251 e. The Bertz CT molecular complexity index is 513. The second kappa shape index (κ2) is 7.08. The summed E-state index contributed by atoms with van der Waals surface area (Å²) in [6.07, 6.45) is 1.38. The van der Waals surface area contributed by atoms with Crippen LogP contribution in [0.4, 0.5) is 0 Å². The van der Waals surface area contributed by atoms with Gasteiger partial charge in [-0.3, -0.25) is 14.4 Å². The third-order valence-electron chi connectivity index (χ3n) is 2.41. The van der Waals surface area contributed by atoms with Crippen molar-refractivity contribution in [3.05, 3.63) is 22.6 Å². The lowest BCUT2D eigenvalue weighted by Crippen LogP contribution is -2.44. The highest BCUT2D eigenvalue weighted by molar-refractivity contribution is 7.99. The third-order valence-corrected chi connectivity index (χ3v) is 3.30. The van der Waals surface area contributed by atoms with Crippen LogP contribution in [-0.2, 0) is 9.59 Å². The summed E-state index contributed by atoms with van der Waals surface area (Å²) < 4.78 is 0. The molecule has 1 amide bonds. The van der Waals surface area contributed by atoms with Gasteiger partial charge in [0.25, 0.3) is 5.56 Å². The minimum atomic E-state index is -0.476. The van der Waals surface area contributed by atoms with Crippen LogP contribution in [-0.4, -0.2) is 33.5 Å². The van der Waals surface area contributed by atoms with E-state index in [9.17, 15) is 14.4 Å². The van der Waals surface area contributed by atoms with Gasteiger partial charge >= 0.3 is 0 Å². The van der Waals surface area contributed by atoms with Gasteiger partial charge in [0.05, 0.1) is 11.8 Å². The highest BCUT2D eigenvalue weighted by atomic mass is 32.2. The van der Waals surface area contributed by atoms with Gasteiger partial charge in [-0.1, -0.05) is 25.6 Å². The predicted molar refractivity (Wildman–Crippen MR) is 73.0 cm³/mol. The molecule has 0 aliphatic heterocycles. The number of hydrogen-bond acceptors (Lipinski definition) is 5. The van der Waals surface area contributed by atoms with Crippen LogP contribution in [0, 0.1) is 5.92 Å². The van der Waals surface area contributed by atoms with Crippen molar-refractivity contribution in [2.24, 2.45) is 5.92 Å². The fourth-order valence-corrected chi connectivity index (χ4v) is 2.17. The number of amides is 1. The lowest BCUT2D eigenvalue weighted by atomic mass is 10.0. The SMILES string of the molecule is CC(=O)C(NC(=O)CSc1nccc(=O)[nH]1)C(C)C. The highest BCUT2D eigenvalue weighted by Crippen LogP contribution is 2.10. The minimum Gasteiger partial charge on any atom is -0.345 e. The van der Waals surface area contributed by atoms with Crippen molar-refractivity contribution in [1.82, 2.24) is 15.3 Å². The maximum absolute atomic E-state index is 11.7. The Morgan fingerprint density at radius 2 is 2.16 bits per heavy atom. The van der Waals surface area contributed by atoms with E-state index in [0.29, 0.717) is 5.16 Å². The Labute approximate surface area is 115 Å². The number of hydrogen-bond donors (Lipinski definition) is 2. The number of carbonyl (C=O) groups excluding carboxylic acids is 2. The molecule has 0 aliphatic carbocycles. The zero-order valence-corrected chi connectivity index (χ0v) is 11.9. The number of ketones is 1. The monoisotopic (exact) mass is 283 g/mol. The molecule has 6 nitrogen and oxygen atoms in total. The Morgan fingerprint density at radius 3 is 2.68 bits per heavy atom. The lowest BCUT2D eigenvalue weighted by Gasteiger charge is -2.19. The fraction of sp³-hybridized carbons (Fsp3) is 0.500. The summed E-state index contributed by atoms with van der Waals surface area (Å²) in [5.74, 6) is -0.185. The van der Waals surface area contributed by atoms with E-state index in [1.165, 1.54) is 19.2 Å². The molecule has 0 aliphatic rings. The first-order chi connectivity index (χ1) is 8.90. The third kappa shape index (κ3) is 5.25. The lowest BCUT2D eigenvalue weighted by molar-refractivity contribution is -0.126. The number of aromatic amines is 1. The quantitative estimate of drug-likeness (QED) is 0.589. The van der Waals surface area contributed by atoms with Crippen molar-refractivity contribution < 1.29 is 9.59 Å². The van der Waals surface area contributed by atoms with Gasteiger partial charge in [-0.05, 0) is 12.8 Å². The van der Waals surface area contributed by atoms with Gasteiger partial charge in [0.1, 0.15) is 0 Å². The molecule has 1 atom stereocenters. The number of H-pyrrole nitrogens is 1. The van der Waals surface area contributed by atoms with E-state index in [2.05, 4.69) is 15.3 Å². The molecule has 7 heteroatoms. The Kier molecular flexibility index (Phi) is 5.75. The standard InChI is InChI=1S/C12H17N3O3S/c1-7(2)11(8(3)16)14-10(18)6-19-12-13-5-4-9(17)15-12/h4-5,7,11H,6H2,1-3H3,(H,14,18)(H,13,15,17). The minimum absolute atomic E-state index is 0.0427. The van der Waals surface area contributed by atoms with Crippen molar-refractivity contribution in [2.45, 2.75) is 32.0 Å². The van der Waals surface area contributed by atoms with E-state index in [1.807, 2.05) is 13.8 Å². The fourth-order valence-electron chi connectivity index (χ4n) is 1.51. The summed E-state index contributed by atoms with van der Waals surface area (Å²) in [5.41, 5.74) is -0.262. The van der Waals surface area contributed by atoms with Gasteiger partial charge in [0.2, 0.25) is 5.91 Å². The first-order valence-electron chi connectivity index (χ1n) is 5.88. The molecule has 0 aromatic carbocycles. The van der Waals surface area contributed by atoms with Crippen LogP contribution in [0.1, 0.15) is 20.8 Å². The number of carbonyl (C=O) groups is 2. The maximum atomic E-state index is 11.7. The van der Waals surface area contributed by atoms with Crippen molar-refractivity contribution in [2.75, 3.05) is 5.75 Å². The Morgan fingerprint density at radius 1 is 1.47 bits per heavy atom. The zero-order chi connectivity index (χ0) is 14.4. The van der Waals surface area contributed by atoms with Crippen molar-refractivity contribution in [3.63, 3.8) is 0 Å². The molecule has 1 rings (SSSR count). The van der Waals surface area contributed by atoms with Crippen molar-refractivity contribution >= 4 is 23.5 Å². The van der Waals surface area contributed by atoms with E-state index in [1.54, 1.807) is 0 Å². The van der Waals surface area contributed by atoms with Gasteiger partial charge in [-0.15, -0.1) is 0 Å². The number of thioether (sulfide) groups is 1. The molecular weight excluding hydrogens is 266 g/mol. The van der Waals surface area contributed by atoms with Crippen LogP contribution in [0.2, 0.25) is 0 Å². The van der Waals surface area contributed by atoms with Crippen LogP contribution in [0.25, 0.3) is 0 Å². The molecule has 2 N–H and O–H groups in total. The van der Waals surface area contributed by atoms with Gasteiger partial charge in [0.15, 0.2) is 10.9 Å². The molecule has 1 aromatic heterocycles. The molecular formula is C12H17N3O3S. The molecule has 19 heavy (non-hydrogen) atoms. The molecule has 0 saturated heterocycles. The summed E-state index contributed by atoms with van der Waals surface area (Å²) in [6.45, 7) is 5.19. The molecule has 104 valence electrons. The molecule has 0 bridgehead atoms. The van der Waals surface area contributed by atoms with Crippen LogP contribution in [0.5, 0.6) is 0 Å². The normalized spacial score (nSPS) is 12.2. The van der Waals surface area contributed by atoms with Crippen molar-refractivity contribution in [1.29, 1.82) is 0 Å². The van der Waals surface area contributed by atoms with E-state index < -0.39 is 6.04 Å². The molecule has 1 unspecified atom stereocenters. The van der Waals surface area contributed by atoms with Gasteiger partial charge in [-0.25, -0.2) is 4.98 Å². The van der Waals surface area contributed by atoms with Crippen LogP contribution in [0.15, 0.2) is 22.2 Å². The van der Waals surface area contributed by atoms with Gasteiger partial charge in [0, 0.05) is 12.3 Å². The maximum Gasteiger partial charge on any atom is 0.251 e.